The Labute approximate surface area is 339 Å². The number of aromatic nitrogens is 7. The maximum atomic E-state index is 14.2. The van der Waals surface area contributed by atoms with Gasteiger partial charge in [0.05, 0.1) is 41.1 Å². The number of aryl methyl sites for hydroxylation is 1. The highest BCUT2D eigenvalue weighted by atomic mass is 19.3. The quantitative estimate of drug-likeness (QED) is 0.171. The van der Waals surface area contributed by atoms with Crippen molar-refractivity contribution in [2.24, 2.45) is 13.0 Å². The van der Waals surface area contributed by atoms with Gasteiger partial charge in [0.25, 0.3) is 12.3 Å². The van der Waals surface area contributed by atoms with Crippen LogP contribution in [-0.2, 0) is 22.1 Å². The molecule has 6 heterocycles. The predicted octanol–water partition coefficient (Wildman–Crippen LogP) is 4.44. The lowest BCUT2D eigenvalue weighted by molar-refractivity contribution is -0.135. The van der Waals surface area contributed by atoms with Crippen LogP contribution in [0.5, 0.6) is 0 Å². The molecule has 2 saturated heterocycles. The van der Waals surface area contributed by atoms with Crippen LogP contribution in [0.15, 0.2) is 47.7 Å². The minimum atomic E-state index is -2.86. The van der Waals surface area contributed by atoms with E-state index in [1.807, 2.05) is 39.0 Å². The Hall–Kier alpha value is -5.73. The predicted molar refractivity (Wildman–Crippen MR) is 216 cm³/mol. The molecule has 2 aliphatic heterocycles. The van der Waals surface area contributed by atoms with Gasteiger partial charge in [0, 0.05) is 69.7 Å². The normalized spacial score (nSPS) is 20.9. The highest BCUT2D eigenvalue weighted by Gasteiger charge is 2.32. The second kappa shape index (κ2) is 16.1. The molecule has 3 aliphatic rings. The minimum absolute atomic E-state index is 0.00690. The number of para-hydroxylation sites is 1. The molecule has 1 saturated carbocycles. The number of carbonyl (C=O) groups excluding carboxylic acids is 3. The van der Waals surface area contributed by atoms with E-state index in [2.05, 4.69) is 47.5 Å². The smallest absolute Gasteiger partial charge is 0.319 e. The Morgan fingerprint density at radius 1 is 1.02 bits per heavy atom. The third kappa shape index (κ3) is 8.15. The van der Waals surface area contributed by atoms with Crippen molar-refractivity contribution in [1.29, 1.82) is 0 Å². The minimum Gasteiger partial charge on any atom is -0.319 e. The van der Waals surface area contributed by atoms with Crippen LogP contribution in [0.4, 0.5) is 14.5 Å². The number of imidazole rings is 1. The number of benzene rings is 1. The summed E-state index contributed by atoms with van der Waals surface area (Å²) >= 11 is 0. The number of piperazine rings is 1. The topological polar surface area (TPSA) is 157 Å². The van der Waals surface area contributed by atoms with Gasteiger partial charge in [0.1, 0.15) is 11.6 Å². The number of hydrogen-bond donors (Lipinski definition) is 2. The number of alkyl halides is 2. The van der Waals surface area contributed by atoms with Crippen molar-refractivity contribution in [2.75, 3.05) is 44.6 Å². The first-order valence-corrected chi connectivity index (χ1v) is 20.3. The monoisotopic (exact) mass is 809 g/mol. The number of rotatable bonds is 8. The fourth-order valence-electron chi connectivity index (χ4n) is 8.59. The van der Waals surface area contributed by atoms with Crippen LogP contribution < -0.4 is 16.3 Å². The summed E-state index contributed by atoms with van der Waals surface area (Å²) in [5.41, 5.74) is 2.29. The fraction of sp³-hybridized carbons (Fsp3) is 0.500. The molecule has 1 aliphatic carbocycles. The first-order chi connectivity index (χ1) is 28.2. The molecule has 17 heteroatoms. The first-order valence-electron chi connectivity index (χ1n) is 20.3. The van der Waals surface area contributed by atoms with Crippen LogP contribution in [-0.4, -0.2) is 100 Å². The van der Waals surface area contributed by atoms with Gasteiger partial charge in [-0.2, -0.15) is 10.2 Å². The SMILES string of the molecule is Cn1c(=O)n(C2CCC(=O)NC2=O)c2cccc(C#CCN3CCN(CC4CCC(n5cc(NC(=O)c6cnn7ccc(C(C)(C)C)nc67)c(C(F)F)n5)CC4)CC3)c21. The second-order valence-electron chi connectivity index (χ2n) is 17.0. The second-order valence-corrected chi connectivity index (χ2v) is 17.0. The van der Waals surface area contributed by atoms with Gasteiger partial charge >= 0.3 is 5.69 Å². The molecule has 3 fully saturated rings. The summed E-state index contributed by atoms with van der Waals surface area (Å²) in [5, 5.41) is 13.5. The molecule has 1 atom stereocenters. The largest absolute Gasteiger partial charge is 0.329 e. The number of fused-ring (bicyclic) bond motifs is 2. The van der Waals surface area contributed by atoms with Crippen molar-refractivity contribution in [2.45, 2.75) is 83.2 Å². The van der Waals surface area contributed by atoms with Crippen molar-refractivity contribution in [1.82, 2.24) is 48.6 Å². The van der Waals surface area contributed by atoms with Crippen molar-refractivity contribution < 1.29 is 23.2 Å². The molecule has 0 spiro atoms. The van der Waals surface area contributed by atoms with E-state index in [4.69, 9.17) is 0 Å². The van der Waals surface area contributed by atoms with E-state index < -0.39 is 30.0 Å². The van der Waals surface area contributed by atoms with Gasteiger partial charge in [-0.3, -0.25) is 38.4 Å². The zero-order valence-electron chi connectivity index (χ0n) is 33.7. The zero-order chi connectivity index (χ0) is 41.6. The van der Waals surface area contributed by atoms with E-state index >= 15 is 0 Å². The maximum Gasteiger partial charge on any atom is 0.329 e. The van der Waals surface area contributed by atoms with E-state index in [0.717, 1.165) is 64.1 Å². The van der Waals surface area contributed by atoms with Crippen LogP contribution in [0, 0.1) is 17.8 Å². The van der Waals surface area contributed by atoms with Gasteiger partial charge in [-0.25, -0.2) is 23.1 Å². The van der Waals surface area contributed by atoms with Crippen LogP contribution in [0.3, 0.4) is 0 Å². The third-order valence-electron chi connectivity index (χ3n) is 11.9. The Balaban J connectivity index is 0.834. The summed E-state index contributed by atoms with van der Waals surface area (Å²) in [4.78, 5) is 60.4. The lowest BCUT2D eigenvalue weighted by atomic mass is 9.85. The molecule has 1 unspecified atom stereocenters. The average Bonchev–Trinajstić information content (AvgIpc) is 3.90. The van der Waals surface area contributed by atoms with Gasteiger partial charge in [-0.05, 0) is 56.2 Å². The van der Waals surface area contributed by atoms with Crippen LogP contribution in [0.2, 0.25) is 0 Å². The molecule has 3 amide bonds. The fourth-order valence-corrected chi connectivity index (χ4v) is 8.59. The van der Waals surface area contributed by atoms with Gasteiger partial charge in [-0.15, -0.1) is 0 Å². The first kappa shape index (κ1) is 40.1. The van der Waals surface area contributed by atoms with E-state index in [1.165, 1.54) is 26.0 Å². The van der Waals surface area contributed by atoms with Gasteiger partial charge in [0.2, 0.25) is 11.8 Å². The molecule has 0 radical (unpaired) electrons. The Kier molecular flexibility index (Phi) is 11.0. The maximum absolute atomic E-state index is 14.2. The van der Waals surface area contributed by atoms with Crippen molar-refractivity contribution in [3.05, 3.63) is 75.9 Å². The van der Waals surface area contributed by atoms with E-state index in [9.17, 15) is 28.0 Å². The number of nitrogens with one attached hydrogen (secondary N) is 2. The Bertz CT molecular complexity index is 2540. The number of hydrogen-bond acceptors (Lipinski definition) is 9. The van der Waals surface area contributed by atoms with Gasteiger partial charge in [0.15, 0.2) is 11.3 Å². The molecule has 1 aromatic carbocycles. The van der Waals surface area contributed by atoms with Gasteiger partial charge < -0.3 is 10.2 Å². The lowest BCUT2D eigenvalue weighted by Crippen LogP contribution is -2.48. The molecular weight excluding hydrogens is 761 g/mol. The van der Waals surface area contributed by atoms with E-state index in [0.29, 0.717) is 34.7 Å². The lowest BCUT2D eigenvalue weighted by Gasteiger charge is -2.37. The molecule has 0 bridgehead atoms. The molecule has 15 nitrogen and oxygen atoms in total. The van der Waals surface area contributed by atoms with Gasteiger partial charge in [-0.1, -0.05) is 38.7 Å². The summed E-state index contributed by atoms with van der Waals surface area (Å²) in [6.07, 6.45) is 5.78. The summed E-state index contributed by atoms with van der Waals surface area (Å²) in [5.74, 6) is 5.68. The summed E-state index contributed by atoms with van der Waals surface area (Å²) < 4.78 is 34.5. The number of anilines is 1. The van der Waals surface area contributed by atoms with Crippen molar-refractivity contribution >= 4 is 40.1 Å². The number of carbonyl (C=O) groups is 3. The zero-order valence-corrected chi connectivity index (χ0v) is 33.7. The Morgan fingerprint density at radius 3 is 2.47 bits per heavy atom. The number of halogens is 2. The van der Waals surface area contributed by atoms with E-state index in [1.54, 1.807) is 24.0 Å². The molecule has 59 heavy (non-hydrogen) atoms. The van der Waals surface area contributed by atoms with Crippen LogP contribution in [0.25, 0.3) is 16.7 Å². The summed E-state index contributed by atoms with van der Waals surface area (Å²) in [6, 6.07) is 6.57. The highest BCUT2D eigenvalue weighted by molar-refractivity contribution is 6.08. The highest BCUT2D eigenvalue weighted by Crippen LogP contribution is 2.36. The van der Waals surface area contributed by atoms with E-state index in [-0.39, 0.29) is 47.1 Å². The molecule has 310 valence electrons. The van der Waals surface area contributed by atoms with Crippen molar-refractivity contribution in [3.8, 4) is 11.8 Å². The number of nitrogens with zero attached hydrogens (tertiary/aromatic N) is 9. The molecule has 4 aromatic heterocycles. The van der Waals surface area contributed by atoms with Crippen LogP contribution in [0.1, 0.15) is 105 Å². The van der Waals surface area contributed by atoms with Crippen LogP contribution >= 0.6 is 0 Å². The molecular formula is C42H49F2N11O4. The number of piperidine rings is 1. The van der Waals surface area contributed by atoms with Crippen molar-refractivity contribution in [3.63, 3.8) is 0 Å². The number of imide groups is 1. The molecule has 2 N–H and O–H groups in total. The summed E-state index contributed by atoms with van der Waals surface area (Å²) in [6.45, 7) is 11.2. The summed E-state index contributed by atoms with van der Waals surface area (Å²) in [7, 11) is 1.67. The molecule has 8 rings (SSSR count). The standard InChI is InChI=1S/C42H49F2N11O4/c1-42(2,3)33-16-18-53-38(47-33)29(23-45-53)39(57)46-30-25-54(49-35(30)37(43)44)28-12-10-26(11-13-28)24-52-21-19-51(20-22-52)17-6-8-27-7-5-9-31-36(27)50(4)41(59)55(31)32-14-15-34(56)48-40(32)58/h5,7,9,16,18,23,25-26,28,32,37H,10-15,17,19-22,24H2,1-4H3,(H,46,57)(H,48,56,58). The molecule has 5 aromatic rings. The number of amides is 3. The Morgan fingerprint density at radius 2 is 1.76 bits per heavy atom. The average molecular weight is 810 g/mol. The third-order valence-corrected chi connectivity index (χ3v) is 11.9.